The summed E-state index contributed by atoms with van der Waals surface area (Å²) < 4.78 is 25.8. The Morgan fingerprint density at radius 3 is 2.36 bits per heavy atom. The van der Waals surface area contributed by atoms with Crippen LogP contribution in [0.4, 0.5) is 8.78 Å². The van der Waals surface area contributed by atoms with E-state index in [2.05, 4.69) is 31.1 Å². The van der Waals surface area contributed by atoms with Gasteiger partial charge in [-0.3, -0.25) is 0 Å². The smallest absolute Gasteiger partial charge is 0.139 e. The quantitative estimate of drug-likeness (QED) is 0.455. The molecule has 0 aliphatic carbocycles. The first-order chi connectivity index (χ1) is 6.38. The molecule has 0 aliphatic rings. The first-order valence-corrected chi connectivity index (χ1v) is 7.87. The summed E-state index contributed by atoms with van der Waals surface area (Å²) in [7, 11) is -1.53. The summed E-state index contributed by atoms with van der Waals surface area (Å²) in [5, 5.41) is 0. The molecule has 1 rings (SSSR count). The molecule has 0 aromatic heterocycles. The minimum absolute atomic E-state index is 0.146. The molecule has 74 valence electrons. The number of halogens is 2. The largest absolute Gasteiger partial charge is 0.207 e. The van der Waals surface area contributed by atoms with Crippen LogP contribution in [0.2, 0.25) is 19.6 Å². The van der Waals surface area contributed by atoms with E-state index in [1.165, 1.54) is 0 Å². The lowest BCUT2D eigenvalue weighted by molar-refractivity contribution is 0.597. The summed E-state index contributed by atoms with van der Waals surface area (Å²) in [6, 6.07) is 3.32. The third kappa shape index (κ3) is 3.31. The van der Waals surface area contributed by atoms with Crippen LogP contribution in [0.3, 0.4) is 0 Å². The highest BCUT2D eigenvalue weighted by Gasteiger charge is 2.08. The molecule has 14 heavy (non-hydrogen) atoms. The van der Waals surface area contributed by atoms with Crippen molar-refractivity contribution >= 4 is 8.07 Å². The molecule has 0 amide bonds. The first-order valence-electron chi connectivity index (χ1n) is 4.37. The highest BCUT2D eigenvalue weighted by atomic mass is 28.3. The molecule has 0 nitrogen and oxygen atoms in total. The van der Waals surface area contributed by atoms with Gasteiger partial charge in [0.25, 0.3) is 0 Å². The molecule has 0 unspecified atom stereocenters. The Kier molecular flexibility index (Phi) is 3.07. The highest BCUT2D eigenvalue weighted by molar-refractivity contribution is 6.83. The highest BCUT2D eigenvalue weighted by Crippen LogP contribution is 2.08. The topological polar surface area (TPSA) is 0 Å². The third-order valence-electron chi connectivity index (χ3n) is 1.50. The maximum atomic E-state index is 13.1. The summed E-state index contributed by atoms with van der Waals surface area (Å²) >= 11 is 0. The predicted octanol–water partition coefficient (Wildman–Crippen LogP) is 3.19. The molecule has 0 saturated carbocycles. The van der Waals surface area contributed by atoms with Gasteiger partial charge in [-0.15, -0.1) is 5.54 Å². The maximum absolute atomic E-state index is 13.1. The monoisotopic (exact) mass is 210 g/mol. The Balaban J connectivity index is 3.06. The van der Waals surface area contributed by atoms with E-state index in [9.17, 15) is 8.78 Å². The fourth-order valence-electron chi connectivity index (χ4n) is 0.848. The average Bonchev–Trinajstić information content (AvgIpc) is 2.05. The van der Waals surface area contributed by atoms with Crippen LogP contribution >= 0.6 is 0 Å². The Labute approximate surface area is 84.0 Å². The van der Waals surface area contributed by atoms with Crippen molar-refractivity contribution < 1.29 is 8.78 Å². The second-order valence-electron chi connectivity index (χ2n) is 4.12. The molecule has 0 N–H and O–H groups in total. The predicted molar refractivity (Wildman–Crippen MR) is 56.6 cm³/mol. The summed E-state index contributed by atoms with van der Waals surface area (Å²) in [6.07, 6.45) is 0. The molecule has 1 aromatic rings. The van der Waals surface area contributed by atoms with E-state index in [0.29, 0.717) is 0 Å². The lowest BCUT2D eigenvalue weighted by atomic mass is 10.2. The van der Waals surface area contributed by atoms with Gasteiger partial charge in [-0.05, 0) is 18.2 Å². The standard InChI is InChI=1S/C11H12F2Si/c1-14(2,3)7-6-9-8-10(12)4-5-11(9)13/h4-5,8H,1-3H3. The molecular formula is C11H12F2Si. The third-order valence-corrected chi connectivity index (χ3v) is 2.38. The molecule has 0 saturated heterocycles. The molecule has 0 atom stereocenters. The van der Waals surface area contributed by atoms with Gasteiger partial charge in [0.1, 0.15) is 19.7 Å². The van der Waals surface area contributed by atoms with Gasteiger partial charge < -0.3 is 0 Å². The minimum atomic E-state index is -1.53. The van der Waals surface area contributed by atoms with Crippen LogP contribution in [0.1, 0.15) is 5.56 Å². The summed E-state index contributed by atoms with van der Waals surface area (Å²) in [5.41, 5.74) is 3.13. The Morgan fingerprint density at radius 2 is 1.79 bits per heavy atom. The van der Waals surface area contributed by atoms with Crippen molar-refractivity contribution in [2.45, 2.75) is 19.6 Å². The zero-order chi connectivity index (χ0) is 10.8. The number of hydrogen-bond acceptors (Lipinski definition) is 0. The molecular weight excluding hydrogens is 198 g/mol. The van der Waals surface area contributed by atoms with Crippen molar-refractivity contribution in [3.63, 3.8) is 0 Å². The van der Waals surface area contributed by atoms with Gasteiger partial charge in [0.15, 0.2) is 0 Å². The Hall–Kier alpha value is -1.14. The SMILES string of the molecule is C[Si](C)(C)C#Cc1cc(F)ccc1F. The fourth-order valence-corrected chi connectivity index (χ4v) is 1.36. The van der Waals surface area contributed by atoms with E-state index in [1.54, 1.807) is 0 Å². The summed E-state index contributed by atoms with van der Waals surface area (Å²) in [4.78, 5) is 0. The van der Waals surface area contributed by atoms with Gasteiger partial charge in [0, 0.05) is 0 Å². The van der Waals surface area contributed by atoms with Crippen molar-refractivity contribution in [3.8, 4) is 11.5 Å². The summed E-state index contributed by atoms with van der Waals surface area (Å²) in [6.45, 7) is 6.16. The molecule has 0 fully saturated rings. The fraction of sp³-hybridized carbons (Fsp3) is 0.273. The second-order valence-corrected chi connectivity index (χ2v) is 8.87. The van der Waals surface area contributed by atoms with E-state index >= 15 is 0 Å². The molecule has 1 aromatic carbocycles. The van der Waals surface area contributed by atoms with Gasteiger partial charge in [-0.1, -0.05) is 25.6 Å². The Bertz CT molecular complexity index is 394. The average molecular weight is 210 g/mol. The van der Waals surface area contributed by atoms with Gasteiger partial charge in [0.2, 0.25) is 0 Å². The molecule has 0 heterocycles. The van der Waals surface area contributed by atoms with E-state index in [-0.39, 0.29) is 5.56 Å². The molecule has 0 radical (unpaired) electrons. The van der Waals surface area contributed by atoms with Crippen LogP contribution < -0.4 is 0 Å². The zero-order valence-electron chi connectivity index (χ0n) is 8.49. The molecule has 0 aliphatic heterocycles. The van der Waals surface area contributed by atoms with Crippen molar-refractivity contribution in [1.82, 2.24) is 0 Å². The van der Waals surface area contributed by atoms with Gasteiger partial charge >= 0.3 is 0 Å². The van der Waals surface area contributed by atoms with Crippen LogP contribution in [0.5, 0.6) is 0 Å². The minimum Gasteiger partial charge on any atom is -0.207 e. The van der Waals surface area contributed by atoms with E-state index in [0.717, 1.165) is 18.2 Å². The lowest BCUT2D eigenvalue weighted by Gasteiger charge is -2.03. The van der Waals surface area contributed by atoms with Crippen molar-refractivity contribution in [3.05, 3.63) is 35.4 Å². The zero-order valence-corrected chi connectivity index (χ0v) is 9.49. The number of hydrogen-bond donors (Lipinski definition) is 0. The van der Waals surface area contributed by atoms with Crippen molar-refractivity contribution in [1.29, 1.82) is 0 Å². The van der Waals surface area contributed by atoms with Gasteiger partial charge in [0.05, 0.1) is 5.56 Å². The normalized spacial score (nSPS) is 10.6. The molecule has 3 heteroatoms. The van der Waals surface area contributed by atoms with Crippen LogP contribution in [0.25, 0.3) is 0 Å². The number of rotatable bonds is 0. The molecule has 0 bridgehead atoms. The van der Waals surface area contributed by atoms with Gasteiger partial charge in [-0.2, -0.15) is 0 Å². The number of benzene rings is 1. The van der Waals surface area contributed by atoms with Gasteiger partial charge in [-0.25, -0.2) is 8.78 Å². The van der Waals surface area contributed by atoms with Crippen LogP contribution in [-0.4, -0.2) is 8.07 Å². The van der Waals surface area contributed by atoms with Crippen LogP contribution in [0, 0.1) is 23.1 Å². The Morgan fingerprint density at radius 1 is 1.14 bits per heavy atom. The van der Waals surface area contributed by atoms with Crippen LogP contribution in [-0.2, 0) is 0 Å². The van der Waals surface area contributed by atoms with E-state index < -0.39 is 19.7 Å². The summed E-state index contributed by atoms with van der Waals surface area (Å²) in [5.74, 6) is 1.78. The van der Waals surface area contributed by atoms with Crippen molar-refractivity contribution in [2.75, 3.05) is 0 Å². The maximum Gasteiger partial charge on any atom is 0.139 e. The lowest BCUT2D eigenvalue weighted by Crippen LogP contribution is -2.16. The first kappa shape index (κ1) is 10.9. The second kappa shape index (κ2) is 3.93. The van der Waals surface area contributed by atoms with E-state index in [4.69, 9.17) is 0 Å². The van der Waals surface area contributed by atoms with Crippen molar-refractivity contribution in [2.24, 2.45) is 0 Å². The van der Waals surface area contributed by atoms with Crippen LogP contribution in [0.15, 0.2) is 18.2 Å². The van der Waals surface area contributed by atoms with E-state index in [1.807, 2.05) is 0 Å². The molecule has 0 spiro atoms.